The second-order valence-corrected chi connectivity index (χ2v) is 4.12. The molecular weight excluding hydrogens is 224 g/mol. The molecule has 0 N–H and O–H groups in total. The highest BCUT2D eigenvalue weighted by Crippen LogP contribution is 2.09. The number of rotatable bonds is 7. The first kappa shape index (κ1) is 12.9. The number of carbonyl (C=O) groups is 1. The zero-order chi connectivity index (χ0) is 11.6. The monoisotopic (exact) mass is 240 g/mol. The van der Waals surface area contributed by atoms with E-state index in [1.807, 2.05) is 30.3 Å². The number of para-hydroxylation sites is 1. The van der Waals surface area contributed by atoms with Gasteiger partial charge in [0.15, 0.2) is 0 Å². The molecule has 0 heterocycles. The largest absolute Gasteiger partial charge is 0.493 e. The normalized spacial score (nSPS) is 9.81. The molecule has 0 fully saturated rings. The molecule has 88 valence electrons. The molecule has 3 nitrogen and oxygen atoms in total. The van der Waals surface area contributed by atoms with Gasteiger partial charge in [0.2, 0.25) is 0 Å². The zero-order valence-corrected chi connectivity index (χ0v) is 10.2. The summed E-state index contributed by atoms with van der Waals surface area (Å²) < 4.78 is 10.3. The molecule has 16 heavy (non-hydrogen) atoms. The van der Waals surface area contributed by atoms with Gasteiger partial charge in [0.1, 0.15) is 5.75 Å². The fourth-order valence-electron chi connectivity index (χ4n) is 1.09. The number of hydrogen-bond donors (Lipinski definition) is 0. The molecule has 4 heteroatoms. The summed E-state index contributed by atoms with van der Waals surface area (Å²) >= 11 is 1.52. The topological polar surface area (TPSA) is 35.5 Å². The van der Waals surface area contributed by atoms with Crippen LogP contribution < -0.4 is 4.74 Å². The Hall–Kier alpha value is -1.16. The maximum atomic E-state index is 11.0. The van der Waals surface area contributed by atoms with Gasteiger partial charge in [-0.3, -0.25) is 4.79 Å². The van der Waals surface area contributed by atoms with E-state index in [1.165, 1.54) is 11.8 Å². The van der Waals surface area contributed by atoms with E-state index in [0.29, 0.717) is 19.0 Å². The maximum absolute atomic E-state index is 11.0. The number of ether oxygens (including phenoxy) is 2. The van der Waals surface area contributed by atoms with Crippen LogP contribution >= 0.6 is 11.8 Å². The van der Waals surface area contributed by atoms with Gasteiger partial charge >= 0.3 is 5.97 Å². The summed E-state index contributed by atoms with van der Waals surface area (Å²) in [6.07, 6.45) is 0. The number of hydrogen-bond acceptors (Lipinski definition) is 4. The standard InChI is InChI=1S/C12H16O3S/c1-2-14-12(13)10-16-9-8-15-11-6-4-3-5-7-11/h3-7H,2,8-10H2,1H3. The first-order valence-corrected chi connectivity index (χ1v) is 6.39. The van der Waals surface area contributed by atoms with Gasteiger partial charge < -0.3 is 9.47 Å². The van der Waals surface area contributed by atoms with Crippen LogP contribution in [0.3, 0.4) is 0 Å². The Bertz CT molecular complexity index is 300. The molecule has 0 amide bonds. The molecule has 0 saturated heterocycles. The number of esters is 1. The van der Waals surface area contributed by atoms with Crippen molar-refractivity contribution in [1.29, 1.82) is 0 Å². The van der Waals surface area contributed by atoms with Crippen LogP contribution in [0.2, 0.25) is 0 Å². The third-order valence-electron chi connectivity index (χ3n) is 1.76. The number of benzene rings is 1. The van der Waals surface area contributed by atoms with Gasteiger partial charge in [-0.05, 0) is 19.1 Å². The first-order valence-electron chi connectivity index (χ1n) is 5.24. The SMILES string of the molecule is CCOC(=O)CSCCOc1ccccc1. The fourth-order valence-corrected chi connectivity index (χ4v) is 1.69. The highest BCUT2D eigenvalue weighted by Gasteiger charge is 2.00. The fraction of sp³-hybridized carbons (Fsp3) is 0.417. The zero-order valence-electron chi connectivity index (χ0n) is 9.35. The smallest absolute Gasteiger partial charge is 0.315 e. The van der Waals surface area contributed by atoms with Crippen molar-refractivity contribution in [2.24, 2.45) is 0 Å². The first-order chi connectivity index (χ1) is 7.83. The summed E-state index contributed by atoms with van der Waals surface area (Å²) in [5.74, 6) is 1.88. The predicted octanol–water partition coefficient (Wildman–Crippen LogP) is 2.36. The summed E-state index contributed by atoms with van der Waals surface area (Å²) in [6.45, 7) is 2.86. The van der Waals surface area contributed by atoms with Gasteiger partial charge in [-0.2, -0.15) is 0 Å². The van der Waals surface area contributed by atoms with Crippen LogP contribution in [0.15, 0.2) is 30.3 Å². The van der Waals surface area contributed by atoms with Gasteiger partial charge in [-0.25, -0.2) is 0 Å². The summed E-state index contributed by atoms with van der Waals surface area (Å²) in [4.78, 5) is 11.0. The van der Waals surface area contributed by atoms with Crippen molar-refractivity contribution >= 4 is 17.7 Å². The molecule has 0 unspecified atom stereocenters. The lowest BCUT2D eigenvalue weighted by Gasteiger charge is -2.05. The Kier molecular flexibility index (Phi) is 6.49. The molecule has 0 atom stereocenters. The van der Waals surface area contributed by atoms with E-state index in [-0.39, 0.29) is 5.97 Å². The summed E-state index contributed by atoms with van der Waals surface area (Å²) in [5, 5.41) is 0. The third-order valence-corrected chi connectivity index (χ3v) is 2.66. The molecule has 0 radical (unpaired) electrons. The van der Waals surface area contributed by atoms with Crippen LogP contribution in [-0.4, -0.2) is 30.7 Å². The third kappa shape index (κ3) is 5.66. The molecule has 0 aromatic heterocycles. The summed E-state index contributed by atoms with van der Waals surface area (Å²) in [6, 6.07) is 9.64. The van der Waals surface area contributed by atoms with E-state index in [1.54, 1.807) is 6.92 Å². The second-order valence-electron chi connectivity index (χ2n) is 3.02. The quantitative estimate of drug-likeness (QED) is 0.541. The Labute approximate surface area is 100 Å². The highest BCUT2D eigenvalue weighted by atomic mass is 32.2. The van der Waals surface area contributed by atoms with Crippen LogP contribution in [0.5, 0.6) is 5.75 Å². The van der Waals surface area contributed by atoms with E-state index < -0.39 is 0 Å². The van der Waals surface area contributed by atoms with E-state index in [4.69, 9.17) is 9.47 Å². The molecule has 1 aromatic carbocycles. The van der Waals surface area contributed by atoms with Crippen molar-refractivity contribution in [3.8, 4) is 5.75 Å². The van der Waals surface area contributed by atoms with Crippen molar-refractivity contribution in [2.75, 3.05) is 24.7 Å². The second kappa shape index (κ2) is 8.05. The Morgan fingerprint density at radius 1 is 1.31 bits per heavy atom. The summed E-state index contributed by atoms with van der Waals surface area (Å²) in [5.41, 5.74) is 0. The molecule has 0 aliphatic carbocycles. The predicted molar refractivity (Wildman–Crippen MR) is 65.9 cm³/mol. The van der Waals surface area contributed by atoms with Crippen LogP contribution in [0.1, 0.15) is 6.92 Å². The highest BCUT2D eigenvalue weighted by molar-refractivity contribution is 7.99. The molecule has 0 aliphatic heterocycles. The van der Waals surface area contributed by atoms with Crippen molar-refractivity contribution in [2.45, 2.75) is 6.92 Å². The average Bonchev–Trinajstić information content (AvgIpc) is 2.30. The van der Waals surface area contributed by atoms with Crippen LogP contribution in [-0.2, 0) is 9.53 Å². The van der Waals surface area contributed by atoms with Gasteiger partial charge in [0.25, 0.3) is 0 Å². The summed E-state index contributed by atoms with van der Waals surface area (Å²) in [7, 11) is 0. The number of carbonyl (C=O) groups excluding carboxylic acids is 1. The van der Waals surface area contributed by atoms with Gasteiger partial charge in [0, 0.05) is 5.75 Å². The lowest BCUT2D eigenvalue weighted by Crippen LogP contribution is -2.09. The minimum Gasteiger partial charge on any atom is -0.493 e. The van der Waals surface area contributed by atoms with E-state index in [2.05, 4.69) is 0 Å². The minimum atomic E-state index is -0.160. The van der Waals surface area contributed by atoms with Crippen molar-refractivity contribution in [3.05, 3.63) is 30.3 Å². The van der Waals surface area contributed by atoms with Crippen LogP contribution in [0.4, 0.5) is 0 Å². The van der Waals surface area contributed by atoms with Crippen LogP contribution in [0.25, 0.3) is 0 Å². The lowest BCUT2D eigenvalue weighted by atomic mass is 10.3. The maximum Gasteiger partial charge on any atom is 0.315 e. The number of thioether (sulfide) groups is 1. The Morgan fingerprint density at radius 3 is 2.75 bits per heavy atom. The van der Waals surface area contributed by atoms with Crippen molar-refractivity contribution < 1.29 is 14.3 Å². The van der Waals surface area contributed by atoms with Gasteiger partial charge in [-0.1, -0.05) is 18.2 Å². The Balaban J connectivity index is 2.02. The minimum absolute atomic E-state index is 0.160. The Morgan fingerprint density at radius 2 is 2.06 bits per heavy atom. The average molecular weight is 240 g/mol. The molecule has 1 aromatic rings. The molecular formula is C12H16O3S. The van der Waals surface area contributed by atoms with Crippen molar-refractivity contribution in [1.82, 2.24) is 0 Å². The van der Waals surface area contributed by atoms with E-state index in [9.17, 15) is 4.79 Å². The van der Waals surface area contributed by atoms with Crippen LogP contribution in [0, 0.1) is 0 Å². The van der Waals surface area contributed by atoms with Gasteiger partial charge in [0.05, 0.1) is 19.0 Å². The van der Waals surface area contributed by atoms with Gasteiger partial charge in [-0.15, -0.1) is 11.8 Å². The molecule has 1 rings (SSSR count). The molecule has 0 aliphatic rings. The molecule has 0 spiro atoms. The molecule has 0 bridgehead atoms. The molecule has 0 saturated carbocycles. The van der Waals surface area contributed by atoms with E-state index in [0.717, 1.165) is 11.5 Å². The van der Waals surface area contributed by atoms with E-state index >= 15 is 0 Å². The van der Waals surface area contributed by atoms with Crippen molar-refractivity contribution in [3.63, 3.8) is 0 Å². The lowest BCUT2D eigenvalue weighted by molar-refractivity contribution is -0.139.